The molecule has 67 heavy (non-hydrogen) atoms. The average Bonchev–Trinajstić information content (AvgIpc) is 3.23. The van der Waals surface area contributed by atoms with E-state index < -0.39 is 124 Å². The summed E-state index contributed by atoms with van der Waals surface area (Å²) in [5, 5.41) is 67.6. The second-order valence-electron chi connectivity index (χ2n) is 19.2. The van der Waals surface area contributed by atoms with Crippen molar-refractivity contribution in [2.45, 2.75) is 147 Å². The zero-order valence-corrected chi connectivity index (χ0v) is 38.7. The number of amides is 1. The number of ketones is 1. The van der Waals surface area contributed by atoms with Gasteiger partial charge < -0.3 is 59.6 Å². The first-order valence-corrected chi connectivity index (χ1v) is 21.9. The lowest BCUT2D eigenvalue weighted by molar-refractivity contribution is -0.346. The lowest BCUT2D eigenvalue weighted by Crippen LogP contribution is -2.81. The Balaban J connectivity index is 0.000000845. The number of nitrogens with one attached hydrogen (secondary N) is 1. The van der Waals surface area contributed by atoms with Gasteiger partial charge in [0.15, 0.2) is 17.5 Å². The molecule has 3 fully saturated rings. The highest BCUT2D eigenvalue weighted by Crippen LogP contribution is 2.64. The van der Waals surface area contributed by atoms with Gasteiger partial charge in [-0.25, -0.2) is 14.4 Å². The molecule has 1 amide bonds. The number of alkyl carbamates (subject to hydrolysis) is 1. The number of ether oxygens (including phenoxy) is 5. The van der Waals surface area contributed by atoms with Gasteiger partial charge in [-0.05, 0) is 69.9 Å². The standard InChI is InChI=1S/C43H53NO14.C5H8O4/c1-22-26(55-37(51)32(48)30(24-15-11-9-12-16-24)44-38(52)58-39(3,4)5)20-43(53)35(56-36(50)25-17-13-10-14-18-25)33-41(8,34(49)31(47)29(22)40(43,6)7)27(46)19-28-42(33,21-54-28)57-23(2)45;6-4(7)2-1-3-5(8)9/h9-18,26-28,30-33,35,46-48,53H,19-21H2,1-8H3,(H,44,52);1-3H2,(H,6,7)(H,8,9)/t26-,27-,28+,30-,31+,32+,33-,35-,41+,42-,43+;/m0./s1. The summed E-state index contributed by atoms with van der Waals surface area (Å²) in [5.74, 6) is -7.26. The summed E-state index contributed by atoms with van der Waals surface area (Å²) in [6, 6.07) is 14.6. The summed E-state index contributed by atoms with van der Waals surface area (Å²) >= 11 is 0. The molecule has 7 N–H and O–H groups in total. The van der Waals surface area contributed by atoms with Gasteiger partial charge in [0.1, 0.15) is 35.6 Å². The molecular weight excluding hydrogens is 879 g/mol. The fourth-order valence-corrected chi connectivity index (χ4v) is 9.95. The number of esters is 3. The zero-order chi connectivity index (χ0) is 50.0. The normalized spacial score (nSPS) is 30.4. The average molecular weight is 940 g/mol. The molecule has 11 atom stereocenters. The number of Topliss-reactive ketones (excluding diaryl/α,β-unsaturated/α-hetero) is 1. The zero-order valence-electron chi connectivity index (χ0n) is 38.7. The monoisotopic (exact) mass is 939 g/mol. The van der Waals surface area contributed by atoms with Crippen LogP contribution < -0.4 is 5.32 Å². The molecule has 1 aliphatic heterocycles. The summed E-state index contributed by atoms with van der Waals surface area (Å²) in [7, 11) is 0. The Morgan fingerprint density at radius 3 is 1.97 bits per heavy atom. The topological polar surface area (TPSA) is 299 Å². The van der Waals surface area contributed by atoms with E-state index in [1.165, 1.54) is 26.0 Å². The number of benzene rings is 2. The van der Waals surface area contributed by atoms with Gasteiger partial charge in [0.2, 0.25) is 0 Å². The van der Waals surface area contributed by atoms with Crippen LogP contribution in [-0.2, 0) is 47.7 Å². The van der Waals surface area contributed by atoms with Gasteiger partial charge >= 0.3 is 35.9 Å². The minimum absolute atomic E-state index is 0.0632. The predicted octanol–water partition coefficient (Wildman–Crippen LogP) is 3.59. The molecule has 19 heteroatoms. The maximum absolute atomic E-state index is 14.9. The summed E-state index contributed by atoms with van der Waals surface area (Å²) < 4.78 is 29.5. The Hall–Kier alpha value is -5.73. The minimum Gasteiger partial charge on any atom is -0.481 e. The molecule has 1 saturated heterocycles. The molecule has 4 aliphatic rings. The Morgan fingerprint density at radius 1 is 0.896 bits per heavy atom. The van der Waals surface area contributed by atoms with Crippen molar-refractivity contribution in [2.75, 3.05) is 6.61 Å². The van der Waals surface area contributed by atoms with Crippen LogP contribution in [0, 0.1) is 16.7 Å². The SMILES string of the molecule is CC(=O)O[C@@]12CO[C@@H]1C[C@H](O)[C@@]1(C)C(=O)[C@H](O)C3=C(C)[C@@H](OC(=O)[C@H](O)[C@@H](NC(=O)OC(C)(C)C)c4ccccc4)C[C@@](O)([C@@H](OC(=O)c4ccccc4)[C@H]21)C3(C)C.O=C(O)CCCC(=O)O. The van der Waals surface area contributed by atoms with Crippen molar-refractivity contribution in [3.8, 4) is 0 Å². The summed E-state index contributed by atoms with van der Waals surface area (Å²) in [6.07, 6.45) is -11.4. The Kier molecular flexibility index (Phi) is 15.5. The number of carboxylic acid groups (broad SMARTS) is 2. The molecule has 366 valence electrons. The molecule has 1 heterocycles. The second kappa shape index (κ2) is 19.9. The molecule has 2 aromatic rings. The van der Waals surface area contributed by atoms with E-state index in [-0.39, 0.29) is 49.0 Å². The van der Waals surface area contributed by atoms with E-state index in [0.29, 0.717) is 5.56 Å². The van der Waals surface area contributed by atoms with Crippen LogP contribution in [0.1, 0.15) is 109 Å². The van der Waals surface area contributed by atoms with E-state index in [1.54, 1.807) is 83.1 Å². The van der Waals surface area contributed by atoms with Crippen molar-refractivity contribution >= 4 is 41.7 Å². The molecule has 0 unspecified atom stereocenters. The molecule has 19 nitrogen and oxygen atoms in total. The van der Waals surface area contributed by atoms with Crippen LogP contribution in [0.2, 0.25) is 0 Å². The van der Waals surface area contributed by atoms with Gasteiger partial charge in [-0.2, -0.15) is 0 Å². The number of fused-ring (bicyclic) bond motifs is 5. The number of aliphatic hydroxyl groups is 4. The second-order valence-corrected chi connectivity index (χ2v) is 19.2. The van der Waals surface area contributed by atoms with Gasteiger partial charge in [0.25, 0.3) is 0 Å². The number of rotatable bonds is 12. The van der Waals surface area contributed by atoms with Gasteiger partial charge in [-0.3, -0.25) is 19.2 Å². The van der Waals surface area contributed by atoms with E-state index >= 15 is 0 Å². The van der Waals surface area contributed by atoms with Crippen LogP contribution in [0.25, 0.3) is 0 Å². The molecule has 6 rings (SSSR count). The third-order valence-electron chi connectivity index (χ3n) is 13.3. The number of carboxylic acids is 2. The largest absolute Gasteiger partial charge is 0.481 e. The van der Waals surface area contributed by atoms with Gasteiger partial charge in [-0.1, -0.05) is 62.4 Å². The predicted molar refractivity (Wildman–Crippen MR) is 233 cm³/mol. The van der Waals surface area contributed by atoms with Crippen molar-refractivity contribution in [2.24, 2.45) is 16.7 Å². The molecular formula is C48H61NO18. The number of hydrogen-bond donors (Lipinski definition) is 7. The Morgan fingerprint density at radius 2 is 1.46 bits per heavy atom. The quantitative estimate of drug-likeness (QED) is 0.0909. The van der Waals surface area contributed by atoms with Gasteiger partial charge in [0, 0.05) is 38.0 Å². The third kappa shape index (κ3) is 10.4. The van der Waals surface area contributed by atoms with Crippen LogP contribution in [-0.4, -0.2) is 132 Å². The number of aliphatic hydroxyl groups excluding tert-OH is 3. The highest BCUT2D eigenvalue weighted by Gasteiger charge is 2.78. The Labute approximate surface area is 387 Å². The molecule has 2 saturated carbocycles. The number of aliphatic carboxylic acids is 2. The van der Waals surface area contributed by atoms with Gasteiger partial charge in [-0.15, -0.1) is 0 Å². The van der Waals surface area contributed by atoms with Crippen molar-refractivity contribution in [1.82, 2.24) is 5.32 Å². The highest BCUT2D eigenvalue weighted by atomic mass is 16.6. The number of carbonyl (C=O) groups is 7. The number of carbonyl (C=O) groups excluding carboxylic acids is 5. The first kappa shape index (κ1) is 52.2. The third-order valence-corrected chi connectivity index (χ3v) is 13.3. The summed E-state index contributed by atoms with van der Waals surface area (Å²) in [4.78, 5) is 88.5. The van der Waals surface area contributed by atoms with Crippen LogP contribution in [0.5, 0.6) is 0 Å². The maximum Gasteiger partial charge on any atom is 0.408 e. The van der Waals surface area contributed by atoms with Gasteiger partial charge in [0.05, 0.1) is 35.6 Å². The first-order valence-electron chi connectivity index (χ1n) is 21.9. The maximum atomic E-state index is 14.9. The van der Waals surface area contributed by atoms with Crippen molar-refractivity contribution in [3.63, 3.8) is 0 Å². The lowest BCUT2D eigenvalue weighted by atomic mass is 9.44. The van der Waals surface area contributed by atoms with Crippen LogP contribution in [0.3, 0.4) is 0 Å². The van der Waals surface area contributed by atoms with Crippen molar-refractivity contribution < 1.29 is 87.9 Å². The molecule has 3 aliphatic carbocycles. The van der Waals surface area contributed by atoms with E-state index in [4.69, 9.17) is 33.9 Å². The first-order chi connectivity index (χ1) is 31.1. The smallest absolute Gasteiger partial charge is 0.408 e. The molecule has 0 radical (unpaired) electrons. The fourth-order valence-electron chi connectivity index (χ4n) is 9.95. The summed E-state index contributed by atoms with van der Waals surface area (Å²) in [5.41, 5.74) is -8.14. The van der Waals surface area contributed by atoms with E-state index in [2.05, 4.69) is 5.32 Å². The molecule has 0 aromatic heterocycles. The number of hydrogen-bond acceptors (Lipinski definition) is 16. The molecule has 0 spiro atoms. The van der Waals surface area contributed by atoms with Crippen LogP contribution in [0.4, 0.5) is 4.79 Å². The fraction of sp³-hybridized carbons (Fsp3) is 0.562. The van der Waals surface area contributed by atoms with Crippen molar-refractivity contribution in [1.29, 1.82) is 0 Å². The van der Waals surface area contributed by atoms with Crippen molar-refractivity contribution in [3.05, 3.63) is 82.9 Å². The summed E-state index contributed by atoms with van der Waals surface area (Å²) in [6.45, 7) is 11.8. The van der Waals surface area contributed by atoms with E-state index in [0.717, 1.165) is 6.92 Å². The van der Waals surface area contributed by atoms with E-state index in [9.17, 15) is 54.0 Å². The van der Waals surface area contributed by atoms with E-state index in [1.807, 2.05) is 0 Å². The Bertz CT molecular complexity index is 2220. The highest BCUT2D eigenvalue weighted by molar-refractivity contribution is 5.94. The lowest BCUT2D eigenvalue weighted by Gasteiger charge is -2.67. The molecule has 2 bridgehead atoms. The molecule has 2 aromatic carbocycles. The van der Waals surface area contributed by atoms with Crippen LogP contribution >= 0.6 is 0 Å². The van der Waals surface area contributed by atoms with Crippen LogP contribution in [0.15, 0.2) is 71.8 Å². The minimum atomic E-state index is -2.35.